The van der Waals surface area contributed by atoms with Crippen LogP contribution < -0.4 is 15.4 Å². The van der Waals surface area contributed by atoms with Crippen LogP contribution in [0.1, 0.15) is 33.3 Å². The molecular formula is C18H32N4O3S. The Balaban J connectivity index is 2.75. The monoisotopic (exact) mass is 384 g/mol. The van der Waals surface area contributed by atoms with E-state index in [-0.39, 0.29) is 11.4 Å². The molecule has 0 aliphatic carbocycles. The van der Waals surface area contributed by atoms with E-state index in [1.165, 1.54) is 7.11 Å². The van der Waals surface area contributed by atoms with Gasteiger partial charge in [-0.25, -0.2) is 18.1 Å². The summed E-state index contributed by atoms with van der Waals surface area (Å²) in [6, 6.07) is 7.06. The molecule has 26 heavy (non-hydrogen) atoms. The lowest BCUT2D eigenvalue weighted by molar-refractivity contribution is 0.204. The second kappa shape index (κ2) is 11.2. The summed E-state index contributed by atoms with van der Waals surface area (Å²) in [5.41, 5.74) is 0.940. The lowest BCUT2D eigenvalue weighted by Gasteiger charge is -2.20. The highest BCUT2D eigenvalue weighted by molar-refractivity contribution is 7.89. The van der Waals surface area contributed by atoms with Crippen molar-refractivity contribution in [2.45, 2.75) is 45.2 Å². The maximum Gasteiger partial charge on any atom is 0.240 e. The van der Waals surface area contributed by atoms with E-state index in [0.717, 1.165) is 18.1 Å². The van der Waals surface area contributed by atoms with Crippen molar-refractivity contribution in [2.24, 2.45) is 10.9 Å². The lowest BCUT2D eigenvalue weighted by atomic mass is 10.1. The van der Waals surface area contributed by atoms with Gasteiger partial charge in [-0.05, 0) is 37.5 Å². The second-order valence-electron chi connectivity index (χ2n) is 6.41. The van der Waals surface area contributed by atoms with Crippen LogP contribution in [0.15, 0.2) is 34.2 Å². The van der Waals surface area contributed by atoms with E-state index >= 15 is 0 Å². The molecule has 0 aromatic heterocycles. The minimum absolute atomic E-state index is 0.236. The predicted octanol–water partition coefficient (Wildman–Crippen LogP) is 1.71. The number of nitrogens with zero attached hydrogens (tertiary/aromatic N) is 1. The van der Waals surface area contributed by atoms with Gasteiger partial charge in [-0.2, -0.15) is 0 Å². The number of hydrogen-bond donors (Lipinski definition) is 3. The standard InChI is InChI=1S/C18H32N4O3S/c1-6-19-18(22-15(4)14(2)3)20-13-16-7-9-17(10-8-16)26(23,24)21-11-12-25-5/h7-10,14-15,21H,6,11-13H2,1-5H3,(H2,19,20,22). The van der Waals surface area contributed by atoms with Crippen LogP contribution in [-0.4, -0.2) is 47.2 Å². The first-order chi connectivity index (χ1) is 12.3. The third-order valence-corrected chi connectivity index (χ3v) is 5.44. The van der Waals surface area contributed by atoms with Gasteiger partial charge in [0, 0.05) is 26.2 Å². The molecule has 8 heteroatoms. The minimum atomic E-state index is -3.51. The zero-order valence-corrected chi connectivity index (χ0v) is 17.2. The van der Waals surface area contributed by atoms with Crippen molar-refractivity contribution in [3.05, 3.63) is 29.8 Å². The summed E-state index contributed by atoms with van der Waals surface area (Å²) in [6.07, 6.45) is 0. The van der Waals surface area contributed by atoms with E-state index in [1.807, 2.05) is 6.92 Å². The first kappa shape index (κ1) is 22.4. The fraction of sp³-hybridized carbons (Fsp3) is 0.611. The van der Waals surface area contributed by atoms with Crippen molar-refractivity contribution in [3.8, 4) is 0 Å². The van der Waals surface area contributed by atoms with Gasteiger partial charge in [0.25, 0.3) is 0 Å². The van der Waals surface area contributed by atoms with Crippen LogP contribution in [0.3, 0.4) is 0 Å². The SMILES string of the molecule is CCNC(=NCc1ccc(S(=O)(=O)NCCOC)cc1)NC(C)C(C)C. The maximum absolute atomic E-state index is 12.1. The van der Waals surface area contributed by atoms with Crippen molar-refractivity contribution < 1.29 is 13.2 Å². The summed E-state index contributed by atoms with van der Waals surface area (Å²) in [6.45, 7) is 10.3. The van der Waals surface area contributed by atoms with Crippen LogP contribution in [-0.2, 0) is 21.3 Å². The van der Waals surface area contributed by atoms with E-state index in [1.54, 1.807) is 24.3 Å². The van der Waals surface area contributed by atoms with Gasteiger partial charge in [-0.3, -0.25) is 0 Å². The highest BCUT2D eigenvalue weighted by Crippen LogP contribution is 2.11. The molecule has 1 aromatic rings. The van der Waals surface area contributed by atoms with E-state index in [2.05, 4.69) is 41.1 Å². The van der Waals surface area contributed by atoms with Gasteiger partial charge >= 0.3 is 0 Å². The van der Waals surface area contributed by atoms with Gasteiger partial charge in [0.15, 0.2) is 5.96 Å². The number of methoxy groups -OCH3 is 1. The maximum atomic E-state index is 12.1. The minimum Gasteiger partial charge on any atom is -0.383 e. The molecule has 0 aliphatic rings. The molecule has 0 saturated carbocycles. The molecule has 0 fully saturated rings. The third kappa shape index (κ3) is 7.72. The molecule has 3 N–H and O–H groups in total. The van der Waals surface area contributed by atoms with Crippen LogP contribution in [0.2, 0.25) is 0 Å². The van der Waals surface area contributed by atoms with Gasteiger partial charge in [0.1, 0.15) is 0 Å². The largest absolute Gasteiger partial charge is 0.383 e. The average Bonchev–Trinajstić information content (AvgIpc) is 2.60. The molecule has 0 amide bonds. The Morgan fingerprint density at radius 2 is 1.85 bits per heavy atom. The van der Waals surface area contributed by atoms with Crippen LogP contribution in [0.25, 0.3) is 0 Å². The van der Waals surface area contributed by atoms with Gasteiger partial charge in [0.2, 0.25) is 10.0 Å². The van der Waals surface area contributed by atoms with Crippen LogP contribution in [0.4, 0.5) is 0 Å². The Morgan fingerprint density at radius 3 is 2.38 bits per heavy atom. The summed E-state index contributed by atoms with van der Waals surface area (Å²) in [5, 5.41) is 6.60. The summed E-state index contributed by atoms with van der Waals surface area (Å²) in [4.78, 5) is 4.81. The Labute approximate surface area is 157 Å². The van der Waals surface area contributed by atoms with Crippen LogP contribution >= 0.6 is 0 Å². The van der Waals surface area contributed by atoms with Crippen LogP contribution in [0, 0.1) is 5.92 Å². The van der Waals surface area contributed by atoms with E-state index in [9.17, 15) is 8.42 Å². The molecule has 0 spiro atoms. The molecule has 0 saturated heterocycles. The molecule has 7 nitrogen and oxygen atoms in total. The number of benzene rings is 1. The average molecular weight is 385 g/mol. The number of aliphatic imine (C=N–C) groups is 1. The van der Waals surface area contributed by atoms with Gasteiger partial charge in [0.05, 0.1) is 18.0 Å². The summed E-state index contributed by atoms with van der Waals surface area (Å²) < 4.78 is 31.6. The Morgan fingerprint density at radius 1 is 1.19 bits per heavy atom. The fourth-order valence-corrected chi connectivity index (χ4v) is 3.02. The molecule has 1 aromatic carbocycles. The predicted molar refractivity (Wildman–Crippen MR) is 106 cm³/mol. The molecule has 1 rings (SSSR count). The zero-order valence-electron chi connectivity index (χ0n) is 16.4. The van der Waals surface area contributed by atoms with Gasteiger partial charge < -0.3 is 15.4 Å². The number of rotatable bonds is 10. The normalized spacial score (nSPS) is 13.7. The zero-order chi connectivity index (χ0) is 19.6. The first-order valence-electron chi connectivity index (χ1n) is 8.92. The molecule has 0 heterocycles. The van der Waals surface area contributed by atoms with E-state index in [0.29, 0.717) is 25.1 Å². The quantitative estimate of drug-likeness (QED) is 0.324. The Hall–Kier alpha value is -1.64. The number of hydrogen-bond acceptors (Lipinski definition) is 4. The summed E-state index contributed by atoms with van der Waals surface area (Å²) in [5.74, 6) is 1.25. The Bertz CT molecular complexity index is 658. The number of ether oxygens (including phenoxy) is 1. The molecular weight excluding hydrogens is 352 g/mol. The van der Waals surface area contributed by atoms with Crippen LogP contribution in [0.5, 0.6) is 0 Å². The van der Waals surface area contributed by atoms with Crippen molar-refractivity contribution in [2.75, 3.05) is 26.8 Å². The van der Waals surface area contributed by atoms with Crippen molar-refractivity contribution in [1.82, 2.24) is 15.4 Å². The van der Waals surface area contributed by atoms with Crippen molar-refractivity contribution >= 4 is 16.0 Å². The molecule has 148 valence electrons. The molecule has 0 bridgehead atoms. The number of guanidine groups is 1. The number of nitrogens with one attached hydrogen (secondary N) is 3. The van der Waals surface area contributed by atoms with Crippen molar-refractivity contribution in [1.29, 1.82) is 0 Å². The van der Waals surface area contributed by atoms with E-state index in [4.69, 9.17) is 4.74 Å². The van der Waals surface area contributed by atoms with Crippen molar-refractivity contribution in [3.63, 3.8) is 0 Å². The molecule has 1 unspecified atom stereocenters. The Kier molecular flexibility index (Phi) is 9.61. The van der Waals surface area contributed by atoms with E-state index < -0.39 is 10.0 Å². The lowest BCUT2D eigenvalue weighted by Crippen LogP contribution is -2.44. The molecule has 0 aliphatic heterocycles. The highest BCUT2D eigenvalue weighted by atomic mass is 32.2. The summed E-state index contributed by atoms with van der Waals surface area (Å²) >= 11 is 0. The number of sulfonamides is 1. The van der Waals surface area contributed by atoms with Gasteiger partial charge in [-0.1, -0.05) is 26.0 Å². The van der Waals surface area contributed by atoms with Gasteiger partial charge in [-0.15, -0.1) is 0 Å². The second-order valence-corrected chi connectivity index (χ2v) is 8.17. The third-order valence-electron chi connectivity index (χ3n) is 3.96. The smallest absolute Gasteiger partial charge is 0.240 e. The first-order valence-corrected chi connectivity index (χ1v) is 10.4. The topological polar surface area (TPSA) is 91.8 Å². The highest BCUT2D eigenvalue weighted by Gasteiger charge is 2.13. The molecule has 0 radical (unpaired) electrons. The summed E-state index contributed by atoms with van der Waals surface area (Å²) in [7, 11) is -1.98. The fourth-order valence-electron chi connectivity index (χ4n) is 2.01. The molecule has 1 atom stereocenters.